The minimum absolute atomic E-state index is 0.135. The average Bonchev–Trinajstić information content (AvgIpc) is 2.73. The van der Waals surface area contributed by atoms with Gasteiger partial charge in [-0.2, -0.15) is 0 Å². The Balaban J connectivity index is 1.99. The first-order valence-electron chi connectivity index (χ1n) is 6.61. The molecular formula is C13H10Cl4O4. The summed E-state index contributed by atoms with van der Waals surface area (Å²) in [7, 11) is 2.77. The molecule has 0 aliphatic heterocycles. The molecule has 5 fully saturated rings. The number of halogens is 4. The molecule has 5 saturated carbocycles. The lowest BCUT2D eigenvalue weighted by Crippen LogP contribution is -2.73. The van der Waals surface area contributed by atoms with E-state index in [1.807, 2.05) is 0 Å². The number of fused-ring (bicyclic) bond motifs is 2. The van der Waals surface area contributed by atoms with Crippen molar-refractivity contribution < 1.29 is 19.1 Å². The number of ether oxygens (including phenoxy) is 2. The van der Waals surface area contributed by atoms with Gasteiger partial charge in [0.1, 0.15) is 31.1 Å². The maximum Gasteiger partial charge on any atom is 0.211 e. The van der Waals surface area contributed by atoms with Gasteiger partial charge in [-0.3, -0.25) is 9.59 Å². The summed E-state index contributed by atoms with van der Waals surface area (Å²) in [6.45, 7) is 0. The highest BCUT2D eigenvalue weighted by molar-refractivity contribution is 6.56. The first-order valence-corrected chi connectivity index (χ1v) is 8.13. The summed E-state index contributed by atoms with van der Waals surface area (Å²) in [5, 5.41) is 0. The third-order valence-electron chi connectivity index (χ3n) is 6.73. The fraction of sp³-hybridized carbons (Fsp3) is 0.846. The second kappa shape index (κ2) is 3.03. The van der Waals surface area contributed by atoms with Crippen molar-refractivity contribution in [3.8, 4) is 0 Å². The van der Waals surface area contributed by atoms with Gasteiger partial charge >= 0.3 is 0 Å². The second-order valence-electron chi connectivity index (χ2n) is 6.59. The quantitative estimate of drug-likeness (QED) is 0.546. The molecule has 2 bridgehead atoms. The molecule has 114 valence electrons. The van der Waals surface area contributed by atoms with Crippen LogP contribution in [0.5, 0.6) is 0 Å². The summed E-state index contributed by atoms with van der Waals surface area (Å²) >= 11 is 27.4. The van der Waals surface area contributed by atoms with Crippen LogP contribution in [0.4, 0.5) is 0 Å². The molecule has 0 aromatic rings. The highest BCUT2D eigenvalue weighted by atomic mass is 35.5. The van der Waals surface area contributed by atoms with Crippen LogP contribution in [0.2, 0.25) is 0 Å². The lowest BCUT2D eigenvalue weighted by molar-refractivity contribution is -0.224. The highest BCUT2D eigenvalue weighted by Crippen LogP contribution is 2.95. The number of Topliss-reactive ketones (excluding diaryl/α,β-unsaturated/α-hetero) is 2. The van der Waals surface area contributed by atoms with Gasteiger partial charge in [0.2, 0.25) is 5.79 Å². The van der Waals surface area contributed by atoms with E-state index in [1.165, 1.54) is 14.2 Å². The molecule has 0 aromatic heterocycles. The Kier molecular flexibility index (Phi) is 1.99. The zero-order valence-corrected chi connectivity index (χ0v) is 14.0. The van der Waals surface area contributed by atoms with Crippen molar-refractivity contribution >= 4 is 58.0 Å². The molecule has 5 aliphatic carbocycles. The Morgan fingerprint density at radius 3 is 1.29 bits per heavy atom. The summed E-state index contributed by atoms with van der Waals surface area (Å²) in [5.41, 5.74) is 0. The summed E-state index contributed by atoms with van der Waals surface area (Å²) < 4.78 is 11.2. The van der Waals surface area contributed by atoms with E-state index in [2.05, 4.69) is 0 Å². The lowest BCUT2D eigenvalue weighted by atomic mass is 9.57. The van der Waals surface area contributed by atoms with Gasteiger partial charge < -0.3 is 9.47 Å². The Morgan fingerprint density at radius 1 is 0.714 bits per heavy atom. The van der Waals surface area contributed by atoms with Gasteiger partial charge in [-0.05, 0) is 0 Å². The molecule has 0 unspecified atom stereocenters. The zero-order valence-electron chi connectivity index (χ0n) is 11.0. The molecule has 0 heterocycles. The SMILES string of the molecule is COC1(OC)[C@@]2(Cl)[C@H]3C(=O)[C@@H]4[C@H]5C(=O)[C@@H]3[C@@]1(Cl)[C@]5(Cl)[C@]42Cl. The molecule has 21 heavy (non-hydrogen) atoms. The molecular weight excluding hydrogens is 362 g/mol. The first-order chi connectivity index (χ1) is 9.68. The largest absolute Gasteiger partial charge is 0.350 e. The van der Waals surface area contributed by atoms with Gasteiger partial charge in [-0.25, -0.2) is 0 Å². The van der Waals surface area contributed by atoms with E-state index < -0.39 is 49.0 Å². The van der Waals surface area contributed by atoms with E-state index in [0.29, 0.717) is 0 Å². The van der Waals surface area contributed by atoms with Gasteiger partial charge in [-0.15, -0.1) is 46.4 Å². The number of carbonyl (C=O) groups excluding carboxylic acids is 2. The average molecular weight is 372 g/mol. The number of methoxy groups -OCH3 is 2. The molecule has 0 spiro atoms. The molecule has 8 heteroatoms. The Morgan fingerprint density at radius 2 is 1.00 bits per heavy atom. The summed E-state index contributed by atoms with van der Waals surface area (Å²) in [4.78, 5) is 19.9. The maximum absolute atomic E-state index is 12.7. The Labute approximate surface area is 140 Å². The van der Waals surface area contributed by atoms with Crippen LogP contribution in [0, 0.1) is 23.7 Å². The molecule has 5 aliphatic rings. The molecule has 8 atom stereocenters. The van der Waals surface area contributed by atoms with Gasteiger partial charge in [0.25, 0.3) is 0 Å². The molecule has 5 rings (SSSR count). The highest BCUT2D eigenvalue weighted by Gasteiger charge is 3.12. The van der Waals surface area contributed by atoms with Gasteiger partial charge in [0, 0.05) is 14.2 Å². The van der Waals surface area contributed by atoms with E-state index in [0.717, 1.165) is 0 Å². The molecule has 0 radical (unpaired) electrons. The Hall–Kier alpha value is 0.420. The molecule has 0 aromatic carbocycles. The number of hydrogen-bond donors (Lipinski definition) is 0. The summed E-state index contributed by atoms with van der Waals surface area (Å²) in [6.07, 6.45) is 0. The van der Waals surface area contributed by atoms with Crippen molar-refractivity contribution in [2.75, 3.05) is 14.2 Å². The van der Waals surface area contributed by atoms with Gasteiger partial charge in [-0.1, -0.05) is 0 Å². The number of carbonyl (C=O) groups is 2. The molecule has 0 amide bonds. The number of ketones is 2. The van der Waals surface area contributed by atoms with Crippen molar-refractivity contribution in [1.82, 2.24) is 0 Å². The third kappa shape index (κ3) is 0.701. The van der Waals surface area contributed by atoms with E-state index >= 15 is 0 Å². The number of rotatable bonds is 2. The molecule has 0 N–H and O–H groups in total. The van der Waals surface area contributed by atoms with Crippen LogP contribution in [0.3, 0.4) is 0 Å². The fourth-order valence-corrected chi connectivity index (χ4v) is 9.60. The molecule has 4 nitrogen and oxygen atoms in total. The van der Waals surface area contributed by atoms with Crippen molar-refractivity contribution in [2.24, 2.45) is 23.7 Å². The van der Waals surface area contributed by atoms with Crippen LogP contribution in [-0.4, -0.2) is 51.1 Å². The van der Waals surface area contributed by atoms with Gasteiger partial charge in [0.15, 0.2) is 0 Å². The number of alkyl halides is 4. The van der Waals surface area contributed by atoms with E-state index in [9.17, 15) is 9.59 Å². The topological polar surface area (TPSA) is 52.6 Å². The minimum atomic E-state index is -1.58. The van der Waals surface area contributed by atoms with Crippen molar-refractivity contribution in [1.29, 1.82) is 0 Å². The third-order valence-corrected chi connectivity index (χ3v) is 10.2. The van der Waals surface area contributed by atoms with Crippen LogP contribution in [0.1, 0.15) is 0 Å². The molecule has 0 saturated heterocycles. The van der Waals surface area contributed by atoms with E-state index in [-0.39, 0.29) is 11.6 Å². The monoisotopic (exact) mass is 370 g/mol. The van der Waals surface area contributed by atoms with Crippen LogP contribution < -0.4 is 0 Å². The summed E-state index contributed by atoms with van der Waals surface area (Å²) in [5.74, 6) is -4.86. The van der Waals surface area contributed by atoms with Crippen LogP contribution in [-0.2, 0) is 19.1 Å². The second-order valence-corrected chi connectivity index (χ2v) is 8.97. The predicted octanol–water partition coefficient (Wildman–Crippen LogP) is 1.56. The van der Waals surface area contributed by atoms with Crippen molar-refractivity contribution in [3.05, 3.63) is 0 Å². The van der Waals surface area contributed by atoms with Crippen LogP contribution >= 0.6 is 46.4 Å². The lowest BCUT2D eigenvalue weighted by Gasteiger charge is -2.57. The number of hydrogen-bond acceptors (Lipinski definition) is 4. The summed E-state index contributed by atoms with van der Waals surface area (Å²) in [6, 6.07) is 0. The van der Waals surface area contributed by atoms with Crippen molar-refractivity contribution in [3.63, 3.8) is 0 Å². The Bertz CT molecular complexity index is 613. The van der Waals surface area contributed by atoms with E-state index in [4.69, 9.17) is 55.9 Å². The first kappa shape index (κ1) is 13.8. The van der Waals surface area contributed by atoms with Crippen LogP contribution in [0.25, 0.3) is 0 Å². The smallest absolute Gasteiger partial charge is 0.211 e. The predicted molar refractivity (Wildman–Crippen MR) is 75.1 cm³/mol. The van der Waals surface area contributed by atoms with Crippen molar-refractivity contribution in [2.45, 2.75) is 25.3 Å². The normalized spacial score (nSPS) is 67.3. The van der Waals surface area contributed by atoms with Crippen LogP contribution in [0.15, 0.2) is 0 Å². The fourth-order valence-electron chi connectivity index (χ4n) is 6.37. The standard InChI is InChI=1S/C13H10Cl4O4/c1-20-13(21-2)11(16)5-6-8(19)4-3(7(5)18)9(11,14)10(4,15)12(6,13)17/h3-6H,1-2H3/t3-,4-,5+,6+,9+,10+,11+,12+/m0/s1. The minimum Gasteiger partial charge on any atom is -0.350 e. The van der Waals surface area contributed by atoms with E-state index in [1.54, 1.807) is 0 Å². The van der Waals surface area contributed by atoms with Gasteiger partial charge in [0.05, 0.1) is 23.7 Å². The zero-order chi connectivity index (χ0) is 15.4. The maximum atomic E-state index is 12.7.